The Hall–Kier alpha value is -3.05. The van der Waals surface area contributed by atoms with Crippen molar-refractivity contribution in [3.8, 4) is 5.75 Å². The summed E-state index contributed by atoms with van der Waals surface area (Å²) in [5.41, 5.74) is -0.865. The molecular formula is C20H21FN4O3. The SMILES string of the molecule is [C-]#[N+]CN1CCn2c(nc(C(=O)CCc3ccc(F)cc3)c(O)c2=O)C1(C)C. The maximum atomic E-state index is 13.0. The first-order valence-corrected chi connectivity index (χ1v) is 8.96. The van der Waals surface area contributed by atoms with Crippen molar-refractivity contribution in [2.45, 2.75) is 38.8 Å². The number of aromatic nitrogens is 2. The first-order chi connectivity index (χ1) is 13.3. The zero-order valence-corrected chi connectivity index (χ0v) is 15.8. The number of aromatic hydroxyl groups is 1. The van der Waals surface area contributed by atoms with Crippen LogP contribution < -0.4 is 5.56 Å². The Morgan fingerprint density at radius 3 is 2.64 bits per heavy atom. The zero-order chi connectivity index (χ0) is 20.5. The molecule has 146 valence electrons. The van der Waals surface area contributed by atoms with Crippen LogP contribution in [0.1, 0.15) is 42.1 Å². The van der Waals surface area contributed by atoms with E-state index in [1.165, 1.54) is 16.7 Å². The molecule has 0 amide bonds. The summed E-state index contributed by atoms with van der Waals surface area (Å²) in [6.45, 7) is 11.7. The molecule has 0 saturated heterocycles. The highest BCUT2D eigenvalue weighted by Gasteiger charge is 2.39. The summed E-state index contributed by atoms with van der Waals surface area (Å²) >= 11 is 0. The van der Waals surface area contributed by atoms with Gasteiger partial charge in [-0.1, -0.05) is 12.1 Å². The van der Waals surface area contributed by atoms with Crippen molar-refractivity contribution in [2.24, 2.45) is 0 Å². The lowest BCUT2D eigenvalue weighted by Crippen LogP contribution is -2.52. The second-order valence-corrected chi connectivity index (χ2v) is 7.26. The lowest BCUT2D eigenvalue weighted by atomic mass is 9.98. The van der Waals surface area contributed by atoms with Crippen molar-refractivity contribution < 1.29 is 14.3 Å². The zero-order valence-electron chi connectivity index (χ0n) is 15.8. The maximum Gasteiger partial charge on any atom is 0.296 e. The average Bonchev–Trinajstić information content (AvgIpc) is 2.66. The molecule has 1 N–H and O–H groups in total. The molecule has 2 aromatic rings. The van der Waals surface area contributed by atoms with E-state index < -0.39 is 22.6 Å². The van der Waals surface area contributed by atoms with Gasteiger partial charge in [-0.2, -0.15) is 0 Å². The minimum Gasteiger partial charge on any atom is -0.501 e. The van der Waals surface area contributed by atoms with Gasteiger partial charge in [-0.05, 0) is 38.0 Å². The third-order valence-electron chi connectivity index (χ3n) is 5.14. The number of rotatable bonds is 5. The van der Waals surface area contributed by atoms with Crippen LogP contribution in [0.25, 0.3) is 4.85 Å². The van der Waals surface area contributed by atoms with Crippen molar-refractivity contribution in [1.29, 1.82) is 0 Å². The fraction of sp³-hybridized carbons (Fsp3) is 0.400. The van der Waals surface area contributed by atoms with Gasteiger partial charge in [-0.25, -0.2) is 20.8 Å². The van der Waals surface area contributed by atoms with Gasteiger partial charge in [-0.3, -0.25) is 19.0 Å². The van der Waals surface area contributed by atoms with Crippen molar-refractivity contribution in [2.75, 3.05) is 13.2 Å². The molecule has 3 rings (SSSR count). The Morgan fingerprint density at radius 1 is 1.32 bits per heavy atom. The molecular weight excluding hydrogens is 363 g/mol. The van der Waals surface area contributed by atoms with Crippen molar-refractivity contribution >= 4 is 5.78 Å². The predicted octanol–water partition coefficient (Wildman–Crippen LogP) is 2.33. The molecule has 1 aromatic heterocycles. The molecule has 8 heteroatoms. The Labute approximate surface area is 161 Å². The van der Waals surface area contributed by atoms with Gasteiger partial charge < -0.3 is 5.11 Å². The van der Waals surface area contributed by atoms with E-state index in [4.69, 9.17) is 6.57 Å². The van der Waals surface area contributed by atoms with E-state index in [-0.39, 0.29) is 31.1 Å². The fourth-order valence-electron chi connectivity index (χ4n) is 3.42. The first-order valence-electron chi connectivity index (χ1n) is 8.96. The summed E-state index contributed by atoms with van der Waals surface area (Å²) in [4.78, 5) is 34.9. The number of nitrogens with zero attached hydrogens (tertiary/aromatic N) is 4. The van der Waals surface area contributed by atoms with Gasteiger partial charge in [0.15, 0.2) is 11.5 Å². The monoisotopic (exact) mass is 384 g/mol. The Balaban J connectivity index is 1.92. The second kappa shape index (κ2) is 7.52. The van der Waals surface area contributed by atoms with Crippen LogP contribution in [0.5, 0.6) is 5.75 Å². The highest BCUT2D eigenvalue weighted by atomic mass is 19.1. The van der Waals surface area contributed by atoms with Gasteiger partial charge in [0.2, 0.25) is 5.75 Å². The molecule has 0 saturated carbocycles. The Bertz CT molecular complexity index is 1010. The number of aryl methyl sites for hydroxylation is 1. The molecule has 0 spiro atoms. The smallest absolute Gasteiger partial charge is 0.296 e. The number of ketones is 1. The van der Waals surface area contributed by atoms with Gasteiger partial charge in [0.05, 0.1) is 5.54 Å². The number of hydrogen-bond donors (Lipinski definition) is 1. The van der Waals surface area contributed by atoms with E-state index >= 15 is 0 Å². The summed E-state index contributed by atoms with van der Waals surface area (Å²) in [6.07, 6.45) is 0.368. The maximum absolute atomic E-state index is 13.0. The number of fused-ring (bicyclic) bond motifs is 1. The molecule has 0 unspecified atom stereocenters. The van der Waals surface area contributed by atoms with Crippen LogP contribution in [0.4, 0.5) is 4.39 Å². The van der Waals surface area contributed by atoms with E-state index in [1.807, 2.05) is 18.7 Å². The van der Waals surface area contributed by atoms with Crippen LogP contribution >= 0.6 is 0 Å². The number of carbonyl (C=O) groups excluding carboxylic acids is 1. The largest absolute Gasteiger partial charge is 0.501 e. The summed E-state index contributed by atoms with van der Waals surface area (Å²) < 4.78 is 14.4. The van der Waals surface area contributed by atoms with Gasteiger partial charge in [0.25, 0.3) is 12.2 Å². The van der Waals surface area contributed by atoms with Gasteiger partial charge >= 0.3 is 0 Å². The van der Waals surface area contributed by atoms with Crippen LogP contribution in [0.15, 0.2) is 29.1 Å². The second-order valence-electron chi connectivity index (χ2n) is 7.26. The molecule has 0 radical (unpaired) electrons. The lowest BCUT2D eigenvalue weighted by Gasteiger charge is -2.40. The highest BCUT2D eigenvalue weighted by molar-refractivity contribution is 5.96. The number of carbonyl (C=O) groups is 1. The minimum absolute atomic E-state index is 0.0290. The van der Waals surface area contributed by atoms with Crippen LogP contribution in [-0.4, -0.2) is 38.6 Å². The molecule has 0 fully saturated rings. The molecule has 1 aromatic carbocycles. The first kappa shape index (κ1) is 19.7. The van der Waals surface area contributed by atoms with E-state index in [9.17, 15) is 19.1 Å². The lowest BCUT2D eigenvalue weighted by molar-refractivity contribution is 0.0846. The number of hydrogen-bond acceptors (Lipinski definition) is 5. The molecule has 1 aliphatic rings. The molecule has 0 atom stereocenters. The number of Topliss-reactive ketones (excluding diaryl/α,β-unsaturated/α-hetero) is 1. The minimum atomic E-state index is -0.734. The summed E-state index contributed by atoms with van der Waals surface area (Å²) in [7, 11) is 0. The molecule has 0 aliphatic carbocycles. The van der Waals surface area contributed by atoms with Crippen LogP contribution in [0.3, 0.4) is 0 Å². The van der Waals surface area contributed by atoms with E-state index in [1.54, 1.807) is 12.1 Å². The molecule has 0 bridgehead atoms. The summed E-state index contributed by atoms with van der Waals surface area (Å²) in [5.74, 6) is -1.11. The molecule has 7 nitrogen and oxygen atoms in total. The van der Waals surface area contributed by atoms with Crippen LogP contribution in [0, 0.1) is 12.4 Å². The predicted molar refractivity (Wildman–Crippen MR) is 100 cm³/mol. The van der Waals surface area contributed by atoms with Crippen LogP contribution in [0.2, 0.25) is 0 Å². The summed E-state index contributed by atoms with van der Waals surface area (Å²) in [6, 6.07) is 5.80. The number of halogens is 1. The Kier molecular flexibility index (Phi) is 5.29. The number of benzene rings is 1. The molecule has 1 aliphatic heterocycles. The van der Waals surface area contributed by atoms with Gasteiger partial charge in [-0.15, -0.1) is 0 Å². The van der Waals surface area contributed by atoms with E-state index in [0.717, 1.165) is 5.56 Å². The highest BCUT2D eigenvalue weighted by Crippen LogP contribution is 2.30. The third kappa shape index (κ3) is 3.53. The molecule has 28 heavy (non-hydrogen) atoms. The van der Waals surface area contributed by atoms with Crippen molar-refractivity contribution in [1.82, 2.24) is 14.5 Å². The quantitative estimate of drug-likeness (QED) is 0.632. The standard InChI is InChI=1S/C20H21FN4O3/c1-20(2)19-23-16(15(26)9-6-13-4-7-14(21)8-5-13)17(27)18(28)25(19)11-10-24(20)12-22-3/h4-5,7-8,27H,6,9-12H2,1-2H3. The van der Waals surface area contributed by atoms with Gasteiger partial charge in [0, 0.05) is 19.5 Å². The van der Waals surface area contributed by atoms with Crippen molar-refractivity contribution in [3.63, 3.8) is 0 Å². The fourth-order valence-corrected chi connectivity index (χ4v) is 3.42. The molecule has 2 heterocycles. The van der Waals surface area contributed by atoms with Crippen LogP contribution in [-0.2, 0) is 18.5 Å². The van der Waals surface area contributed by atoms with Crippen molar-refractivity contribution in [3.05, 3.63) is 68.9 Å². The Morgan fingerprint density at radius 2 is 2.00 bits per heavy atom. The summed E-state index contributed by atoms with van der Waals surface area (Å²) in [5, 5.41) is 10.3. The van der Waals surface area contributed by atoms with Gasteiger partial charge in [0.1, 0.15) is 11.6 Å². The van der Waals surface area contributed by atoms with E-state index in [2.05, 4.69) is 9.83 Å². The van der Waals surface area contributed by atoms with E-state index in [0.29, 0.717) is 18.8 Å². The third-order valence-corrected chi connectivity index (χ3v) is 5.14. The topological polar surface area (TPSA) is 79.8 Å². The average molecular weight is 384 g/mol. The normalized spacial score (nSPS) is 15.6.